The average molecular weight is 271 g/mol. The molecule has 0 aromatic carbocycles. The number of carbonyl (C=O) groups is 1. The first-order valence-electron chi connectivity index (χ1n) is 6.82. The van der Waals surface area contributed by atoms with E-state index in [1.807, 2.05) is 13.0 Å². The molecule has 0 bridgehead atoms. The topological polar surface area (TPSA) is 37.3 Å². The molecule has 18 heavy (non-hydrogen) atoms. The van der Waals surface area contributed by atoms with E-state index in [9.17, 15) is 9.90 Å². The summed E-state index contributed by atoms with van der Waals surface area (Å²) in [5.74, 6) is 1.13. The van der Waals surface area contributed by atoms with Gasteiger partial charge in [0.1, 0.15) is 0 Å². The first-order valence-corrected chi connectivity index (χ1v) is 7.35. The highest BCUT2D eigenvalue weighted by Crippen LogP contribution is 2.53. The summed E-state index contributed by atoms with van der Waals surface area (Å²) in [7, 11) is 0. The van der Waals surface area contributed by atoms with Gasteiger partial charge in [0.2, 0.25) is 0 Å². The number of ketones is 1. The van der Waals surface area contributed by atoms with Gasteiger partial charge in [0.15, 0.2) is 5.78 Å². The lowest BCUT2D eigenvalue weighted by atomic mass is 9.56. The minimum absolute atomic E-state index is 0.0624. The third-order valence-corrected chi connectivity index (χ3v) is 5.79. The van der Waals surface area contributed by atoms with Crippen LogP contribution in [0, 0.1) is 17.3 Å². The van der Waals surface area contributed by atoms with Crippen molar-refractivity contribution in [3.8, 4) is 0 Å². The molecular formula is C15H23ClO2. The largest absolute Gasteiger partial charge is 0.389 e. The first-order chi connectivity index (χ1) is 8.29. The van der Waals surface area contributed by atoms with E-state index in [1.54, 1.807) is 0 Å². The summed E-state index contributed by atoms with van der Waals surface area (Å²) < 4.78 is 0. The second-order valence-corrected chi connectivity index (χ2v) is 6.86. The van der Waals surface area contributed by atoms with Gasteiger partial charge in [-0.1, -0.05) is 19.4 Å². The lowest BCUT2D eigenvalue weighted by Crippen LogP contribution is -2.46. The standard InChI is InChI=1S/C15H23ClO2/c1-10-6-13(17)7-11-4-5-12(8-14(10,11)2)15(3,18)9-16/h7,10,12,18H,4-6,8-9H2,1-3H3. The highest BCUT2D eigenvalue weighted by molar-refractivity contribution is 6.18. The number of fused-ring (bicyclic) bond motifs is 1. The van der Waals surface area contributed by atoms with Crippen LogP contribution in [-0.4, -0.2) is 22.4 Å². The lowest BCUT2D eigenvalue weighted by Gasteiger charge is -2.49. The predicted octanol–water partition coefficient (Wildman–Crippen LogP) is 3.32. The summed E-state index contributed by atoms with van der Waals surface area (Å²) in [4.78, 5) is 11.7. The molecule has 0 heterocycles. The van der Waals surface area contributed by atoms with Crippen LogP contribution in [0.2, 0.25) is 0 Å². The fourth-order valence-electron chi connectivity index (χ4n) is 3.54. The van der Waals surface area contributed by atoms with Gasteiger partial charge in [-0.05, 0) is 49.5 Å². The van der Waals surface area contributed by atoms with Crippen LogP contribution >= 0.6 is 11.6 Å². The van der Waals surface area contributed by atoms with Crippen LogP contribution < -0.4 is 0 Å². The highest BCUT2D eigenvalue weighted by atomic mass is 35.5. The van der Waals surface area contributed by atoms with E-state index < -0.39 is 5.60 Å². The van der Waals surface area contributed by atoms with Crippen molar-refractivity contribution in [1.82, 2.24) is 0 Å². The second kappa shape index (κ2) is 4.64. The Hall–Kier alpha value is -0.340. The zero-order chi connectivity index (χ0) is 13.6. The first kappa shape index (κ1) is 14.1. The smallest absolute Gasteiger partial charge is 0.155 e. The molecule has 1 N–H and O–H groups in total. The number of rotatable bonds is 2. The van der Waals surface area contributed by atoms with Gasteiger partial charge >= 0.3 is 0 Å². The van der Waals surface area contributed by atoms with Crippen molar-refractivity contribution in [3.63, 3.8) is 0 Å². The van der Waals surface area contributed by atoms with Crippen LogP contribution in [0.1, 0.15) is 46.5 Å². The van der Waals surface area contributed by atoms with Crippen molar-refractivity contribution in [2.45, 2.75) is 52.1 Å². The molecule has 3 heteroatoms. The van der Waals surface area contributed by atoms with Crippen LogP contribution in [-0.2, 0) is 4.79 Å². The van der Waals surface area contributed by atoms with Gasteiger partial charge in [0.25, 0.3) is 0 Å². The van der Waals surface area contributed by atoms with Gasteiger partial charge < -0.3 is 5.11 Å². The molecule has 102 valence electrons. The van der Waals surface area contributed by atoms with E-state index in [2.05, 4.69) is 13.8 Å². The van der Waals surface area contributed by atoms with Gasteiger partial charge in [-0.25, -0.2) is 0 Å². The maximum absolute atomic E-state index is 11.7. The maximum atomic E-state index is 11.7. The molecule has 0 aromatic rings. The SMILES string of the molecule is CC1CC(=O)C=C2CCC(C(C)(O)CCl)CC21C. The fraction of sp³-hybridized carbons (Fsp3) is 0.800. The Labute approximate surface area is 114 Å². The molecule has 0 aliphatic heterocycles. The number of hydrogen-bond acceptors (Lipinski definition) is 2. The molecule has 2 nitrogen and oxygen atoms in total. The van der Waals surface area contributed by atoms with Crippen molar-refractivity contribution >= 4 is 17.4 Å². The van der Waals surface area contributed by atoms with E-state index in [0.29, 0.717) is 12.3 Å². The quantitative estimate of drug-likeness (QED) is 0.782. The van der Waals surface area contributed by atoms with E-state index >= 15 is 0 Å². The van der Waals surface area contributed by atoms with Gasteiger partial charge in [0.05, 0.1) is 11.5 Å². The third kappa shape index (κ3) is 2.25. The minimum Gasteiger partial charge on any atom is -0.389 e. The van der Waals surface area contributed by atoms with Crippen molar-refractivity contribution in [2.75, 3.05) is 5.88 Å². The van der Waals surface area contributed by atoms with Crippen molar-refractivity contribution in [2.24, 2.45) is 17.3 Å². The molecule has 1 saturated carbocycles. The summed E-state index contributed by atoms with van der Waals surface area (Å²) >= 11 is 5.89. The van der Waals surface area contributed by atoms with Crippen LogP contribution in [0.25, 0.3) is 0 Å². The maximum Gasteiger partial charge on any atom is 0.155 e. The Morgan fingerprint density at radius 1 is 1.61 bits per heavy atom. The van der Waals surface area contributed by atoms with E-state index in [-0.39, 0.29) is 23.0 Å². The predicted molar refractivity (Wildman–Crippen MR) is 73.7 cm³/mol. The van der Waals surface area contributed by atoms with Crippen LogP contribution in [0.5, 0.6) is 0 Å². The number of hydrogen-bond donors (Lipinski definition) is 1. The summed E-state index contributed by atoms with van der Waals surface area (Å²) in [6.07, 6.45) is 5.28. The Morgan fingerprint density at radius 2 is 2.28 bits per heavy atom. The van der Waals surface area contributed by atoms with Gasteiger partial charge in [0, 0.05) is 6.42 Å². The Balaban J connectivity index is 2.26. The number of allylic oxidation sites excluding steroid dienone is 2. The molecule has 0 spiro atoms. The molecule has 0 radical (unpaired) electrons. The Kier molecular flexibility index (Phi) is 3.63. The van der Waals surface area contributed by atoms with Crippen molar-refractivity contribution in [1.29, 1.82) is 0 Å². The molecule has 0 amide bonds. The normalized spacial score (nSPS) is 39.8. The van der Waals surface area contributed by atoms with Crippen LogP contribution in [0.15, 0.2) is 11.6 Å². The third-order valence-electron chi connectivity index (χ3n) is 5.25. The monoisotopic (exact) mass is 270 g/mol. The summed E-state index contributed by atoms with van der Waals surface area (Å²) in [6, 6.07) is 0. The number of halogens is 1. The highest BCUT2D eigenvalue weighted by Gasteiger charge is 2.47. The molecule has 4 unspecified atom stereocenters. The van der Waals surface area contributed by atoms with Crippen molar-refractivity contribution in [3.05, 3.63) is 11.6 Å². The molecule has 4 atom stereocenters. The zero-order valence-corrected chi connectivity index (χ0v) is 12.3. The van der Waals surface area contributed by atoms with E-state index in [1.165, 1.54) is 5.57 Å². The lowest BCUT2D eigenvalue weighted by molar-refractivity contribution is -0.117. The Morgan fingerprint density at radius 3 is 2.89 bits per heavy atom. The molecule has 0 saturated heterocycles. The van der Waals surface area contributed by atoms with Crippen molar-refractivity contribution < 1.29 is 9.90 Å². The molecule has 0 aromatic heterocycles. The second-order valence-electron chi connectivity index (χ2n) is 6.59. The zero-order valence-electron chi connectivity index (χ0n) is 11.5. The molecular weight excluding hydrogens is 248 g/mol. The minimum atomic E-state index is -0.794. The molecule has 2 aliphatic rings. The summed E-state index contributed by atoms with van der Waals surface area (Å²) in [5, 5.41) is 10.4. The number of alkyl halides is 1. The summed E-state index contributed by atoms with van der Waals surface area (Å²) in [6.45, 7) is 6.23. The number of carbonyl (C=O) groups excluding carboxylic acids is 1. The fourth-order valence-corrected chi connectivity index (χ4v) is 3.75. The summed E-state index contributed by atoms with van der Waals surface area (Å²) in [5.41, 5.74) is 0.553. The Bertz CT molecular complexity index is 386. The van der Waals surface area contributed by atoms with Gasteiger partial charge in [-0.3, -0.25) is 4.79 Å². The van der Waals surface area contributed by atoms with E-state index in [0.717, 1.165) is 19.3 Å². The number of aliphatic hydroxyl groups is 1. The van der Waals surface area contributed by atoms with Crippen LogP contribution in [0.3, 0.4) is 0 Å². The van der Waals surface area contributed by atoms with E-state index in [4.69, 9.17) is 11.6 Å². The molecule has 2 rings (SSSR count). The van der Waals surface area contributed by atoms with Crippen LogP contribution in [0.4, 0.5) is 0 Å². The van der Waals surface area contributed by atoms with Gasteiger partial charge in [-0.15, -0.1) is 11.6 Å². The average Bonchev–Trinajstić information content (AvgIpc) is 2.30. The molecule has 2 aliphatic carbocycles. The van der Waals surface area contributed by atoms with Gasteiger partial charge in [-0.2, -0.15) is 0 Å². The molecule has 1 fully saturated rings.